The maximum absolute atomic E-state index is 12.0. The van der Waals surface area contributed by atoms with Gasteiger partial charge in [0.05, 0.1) is 5.41 Å². The fraction of sp³-hybridized carbons (Fsp3) is 0.750. The van der Waals surface area contributed by atoms with Crippen molar-refractivity contribution in [2.24, 2.45) is 5.41 Å². The molecule has 0 aromatic rings. The molecule has 0 atom stereocenters. The lowest BCUT2D eigenvalue weighted by Gasteiger charge is -2.23. The summed E-state index contributed by atoms with van der Waals surface area (Å²) in [7, 11) is 0. The number of carbonyl (C=O) groups excluding carboxylic acids is 3. The van der Waals surface area contributed by atoms with Gasteiger partial charge in [0.2, 0.25) is 0 Å². The van der Waals surface area contributed by atoms with E-state index < -0.39 is 55.0 Å². The van der Waals surface area contributed by atoms with Crippen molar-refractivity contribution >= 4 is 17.9 Å². The third-order valence-electron chi connectivity index (χ3n) is 2.15. The lowest BCUT2D eigenvalue weighted by atomic mass is 9.97. The van der Waals surface area contributed by atoms with Gasteiger partial charge in [-0.3, -0.25) is 4.79 Å². The average molecular weight is 368 g/mol. The van der Waals surface area contributed by atoms with E-state index in [2.05, 4.69) is 14.2 Å². The van der Waals surface area contributed by atoms with Gasteiger partial charge in [-0.1, -0.05) is 0 Å². The minimum Gasteiger partial charge on any atom is -0.455 e. The van der Waals surface area contributed by atoms with Crippen LogP contribution in [0.5, 0.6) is 0 Å². The molecule has 0 N–H and O–H groups in total. The molecule has 0 fully saturated rings. The summed E-state index contributed by atoms with van der Waals surface area (Å²) in [5.74, 6) is -6.29. The molecule has 6 nitrogen and oxygen atoms in total. The van der Waals surface area contributed by atoms with E-state index >= 15 is 0 Å². The Morgan fingerprint density at radius 1 is 0.750 bits per heavy atom. The summed E-state index contributed by atoms with van der Waals surface area (Å²) in [6.45, 7) is 1.58. The molecule has 0 amide bonds. The highest BCUT2D eigenvalue weighted by Gasteiger charge is 2.43. The van der Waals surface area contributed by atoms with E-state index in [0.29, 0.717) is 0 Å². The van der Waals surface area contributed by atoms with Crippen LogP contribution in [-0.2, 0) is 28.6 Å². The van der Waals surface area contributed by atoms with Gasteiger partial charge in [-0.25, -0.2) is 9.59 Å². The number of hydrogen-bond donors (Lipinski definition) is 0. The van der Waals surface area contributed by atoms with Gasteiger partial charge in [0.25, 0.3) is 0 Å². The van der Waals surface area contributed by atoms with Crippen LogP contribution in [-0.4, -0.2) is 49.6 Å². The Bertz CT molecular complexity index is 446. The highest BCUT2D eigenvalue weighted by Crippen LogP contribution is 2.20. The van der Waals surface area contributed by atoms with Gasteiger partial charge in [0, 0.05) is 0 Å². The predicted molar refractivity (Wildman–Crippen MR) is 63.4 cm³/mol. The number of alkyl halides is 6. The molecule has 0 aromatic carbocycles. The molecule has 140 valence electrons. The van der Waals surface area contributed by atoms with E-state index in [1.54, 1.807) is 0 Å². The Balaban J connectivity index is 4.87. The standard InChI is InChI=1S/C12H14F6O6/c1-10(2,3)7(19)24-6(4-22-8(20)11(13,14)15)5-23-9(21)12(16,17)18/h6H,4-5H2,1-3H3. The summed E-state index contributed by atoms with van der Waals surface area (Å²) in [5.41, 5.74) is -1.15. The number of rotatable bonds is 5. The van der Waals surface area contributed by atoms with Crippen molar-refractivity contribution < 1.29 is 54.9 Å². The quantitative estimate of drug-likeness (QED) is 0.420. The Hall–Kier alpha value is -2.01. The third kappa shape index (κ3) is 8.02. The summed E-state index contributed by atoms with van der Waals surface area (Å²) in [6, 6.07) is 0. The first kappa shape index (κ1) is 22.0. The van der Waals surface area contributed by atoms with Crippen molar-refractivity contribution in [3.63, 3.8) is 0 Å². The molecule has 0 saturated carbocycles. The van der Waals surface area contributed by atoms with Gasteiger partial charge in [0.1, 0.15) is 13.2 Å². The highest BCUT2D eigenvalue weighted by molar-refractivity contribution is 5.77. The van der Waals surface area contributed by atoms with E-state index in [0.717, 1.165) is 0 Å². The van der Waals surface area contributed by atoms with Gasteiger partial charge in [-0.05, 0) is 20.8 Å². The largest absolute Gasteiger partial charge is 0.490 e. The second-order valence-electron chi connectivity index (χ2n) is 5.47. The predicted octanol–water partition coefficient (Wildman–Crippen LogP) is 2.16. The average Bonchev–Trinajstić information content (AvgIpc) is 2.37. The van der Waals surface area contributed by atoms with Crippen molar-refractivity contribution in [3.8, 4) is 0 Å². The minimum atomic E-state index is -5.35. The van der Waals surface area contributed by atoms with Crippen molar-refractivity contribution in [1.29, 1.82) is 0 Å². The van der Waals surface area contributed by atoms with Crippen LogP contribution in [0.15, 0.2) is 0 Å². The SMILES string of the molecule is CC(C)(C)C(=O)OC(COC(=O)C(F)(F)F)COC(=O)C(F)(F)F. The smallest absolute Gasteiger partial charge is 0.455 e. The molecule has 0 aliphatic rings. The second kappa shape index (κ2) is 7.71. The Morgan fingerprint density at radius 3 is 1.33 bits per heavy atom. The van der Waals surface area contributed by atoms with Crippen LogP contribution in [0.25, 0.3) is 0 Å². The molecule has 0 spiro atoms. The van der Waals surface area contributed by atoms with E-state index in [4.69, 9.17) is 0 Å². The molecule has 12 heteroatoms. The number of hydrogen-bond acceptors (Lipinski definition) is 6. The Labute approximate surface area is 132 Å². The van der Waals surface area contributed by atoms with Crippen molar-refractivity contribution in [2.45, 2.75) is 39.2 Å². The molecule has 24 heavy (non-hydrogen) atoms. The molecule has 0 heterocycles. The van der Waals surface area contributed by atoms with Gasteiger partial charge in [-0.15, -0.1) is 0 Å². The maximum atomic E-state index is 12.0. The number of ether oxygens (including phenoxy) is 3. The molecule has 0 aliphatic heterocycles. The fourth-order valence-corrected chi connectivity index (χ4v) is 0.945. The first-order chi connectivity index (χ1) is 10.5. The summed E-state index contributed by atoms with van der Waals surface area (Å²) < 4.78 is 84.2. The first-order valence-electron chi connectivity index (χ1n) is 6.24. The lowest BCUT2D eigenvalue weighted by molar-refractivity contribution is -0.210. The van der Waals surface area contributed by atoms with Crippen LogP contribution >= 0.6 is 0 Å². The summed E-state index contributed by atoms with van der Waals surface area (Å²) in [4.78, 5) is 32.8. The molecule has 0 aromatic heterocycles. The van der Waals surface area contributed by atoms with Gasteiger partial charge >= 0.3 is 30.3 Å². The normalized spacial score (nSPS) is 12.8. The molecule has 0 radical (unpaired) electrons. The van der Waals surface area contributed by atoms with Crippen LogP contribution in [0.1, 0.15) is 20.8 Å². The molecule has 0 saturated heterocycles. The Kier molecular flexibility index (Phi) is 7.06. The zero-order chi connectivity index (χ0) is 19.3. The monoisotopic (exact) mass is 368 g/mol. The lowest BCUT2D eigenvalue weighted by Crippen LogP contribution is -2.38. The van der Waals surface area contributed by atoms with Gasteiger partial charge in [0.15, 0.2) is 6.10 Å². The maximum Gasteiger partial charge on any atom is 0.490 e. The zero-order valence-corrected chi connectivity index (χ0v) is 12.7. The van der Waals surface area contributed by atoms with Crippen LogP contribution in [0.3, 0.4) is 0 Å². The topological polar surface area (TPSA) is 78.9 Å². The first-order valence-corrected chi connectivity index (χ1v) is 6.24. The van der Waals surface area contributed by atoms with Crippen LogP contribution < -0.4 is 0 Å². The van der Waals surface area contributed by atoms with Crippen molar-refractivity contribution in [2.75, 3.05) is 13.2 Å². The summed E-state index contributed by atoms with van der Waals surface area (Å²) in [5, 5.41) is 0. The van der Waals surface area contributed by atoms with Crippen molar-refractivity contribution in [1.82, 2.24) is 0 Å². The van der Waals surface area contributed by atoms with E-state index in [-0.39, 0.29) is 0 Å². The minimum absolute atomic E-state index is 1.02. The third-order valence-corrected chi connectivity index (χ3v) is 2.15. The Morgan fingerprint density at radius 2 is 1.08 bits per heavy atom. The van der Waals surface area contributed by atoms with E-state index in [1.165, 1.54) is 20.8 Å². The molecule has 0 unspecified atom stereocenters. The molecule has 0 bridgehead atoms. The molecule has 0 rings (SSSR count). The van der Waals surface area contributed by atoms with Crippen LogP contribution in [0, 0.1) is 5.41 Å². The zero-order valence-electron chi connectivity index (χ0n) is 12.7. The molecule has 0 aliphatic carbocycles. The summed E-state index contributed by atoms with van der Waals surface area (Å²) in [6.07, 6.45) is -12.5. The van der Waals surface area contributed by atoms with Crippen LogP contribution in [0.2, 0.25) is 0 Å². The molecular weight excluding hydrogens is 354 g/mol. The van der Waals surface area contributed by atoms with Gasteiger partial charge in [-0.2, -0.15) is 26.3 Å². The second-order valence-corrected chi connectivity index (χ2v) is 5.47. The number of carbonyl (C=O) groups is 3. The number of esters is 3. The highest BCUT2D eigenvalue weighted by atomic mass is 19.4. The van der Waals surface area contributed by atoms with E-state index in [9.17, 15) is 40.7 Å². The number of halogens is 6. The van der Waals surface area contributed by atoms with Crippen LogP contribution in [0.4, 0.5) is 26.3 Å². The van der Waals surface area contributed by atoms with Crippen molar-refractivity contribution in [3.05, 3.63) is 0 Å². The molecular formula is C12H14F6O6. The summed E-state index contributed by atoms with van der Waals surface area (Å²) >= 11 is 0. The van der Waals surface area contributed by atoms with E-state index in [1.807, 2.05) is 0 Å². The van der Waals surface area contributed by atoms with Gasteiger partial charge < -0.3 is 14.2 Å². The fourth-order valence-electron chi connectivity index (χ4n) is 0.945.